The molecule has 1 aromatic rings. The molecule has 0 bridgehead atoms. The summed E-state index contributed by atoms with van der Waals surface area (Å²) in [7, 11) is 0. The van der Waals surface area contributed by atoms with Crippen molar-refractivity contribution in [3.8, 4) is 5.75 Å². The van der Waals surface area contributed by atoms with Crippen molar-refractivity contribution < 1.29 is 5.11 Å². The van der Waals surface area contributed by atoms with Crippen molar-refractivity contribution in [1.29, 1.82) is 0 Å². The van der Waals surface area contributed by atoms with Crippen LogP contribution in [0.5, 0.6) is 5.75 Å². The van der Waals surface area contributed by atoms with E-state index in [1.807, 2.05) is 12.1 Å². The summed E-state index contributed by atoms with van der Waals surface area (Å²) < 4.78 is 0. The Hall–Kier alpha value is -1.02. The maximum Gasteiger partial charge on any atom is 0.120 e. The molecule has 3 rings (SSSR count). The molecule has 2 heteroatoms. The van der Waals surface area contributed by atoms with E-state index < -0.39 is 0 Å². The second-order valence-electron chi connectivity index (χ2n) is 6.98. The molecule has 1 aliphatic carbocycles. The number of benzene rings is 1. The van der Waals surface area contributed by atoms with Crippen LogP contribution in [0.3, 0.4) is 0 Å². The van der Waals surface area contributed by atoms with Crippen LogP contribution in [0.2, 0.25) is 0 Å². The van der Waals surface area contributed by atoms with Crippen LogP contribution < -0.4 is 0 Å². The number of hydrogen-bond donors (Lipinski definition) is 1. The second kappa shape index (κ2) is 5.40. The molecule has 1 N–H and O–H groups in total. The summed E-state index contributed by atoms with van der Waals surface area (Å²) in [5.41, 5.74) is 2.99. The van der Waals surface area contributed by atoms with Gasteiger partial charge in [0.2, 0.25) is 0 Å². The van der Waals surface area contributed by atoms with Gasteiger partial charge in [0.25, 0.3) is 0 Å². The van der Waals surface area contributed by atoms with Gasteiger partial charge in [-0.05, 0) is 64.1 Å². The topological polar surface area (TPSA) is 23.5 Å². The zero-order valence-electron chi connectivity index (χ0n) is 12.9. The lowest BCUT2D eigenvalue weighted by Gasteiger charge is -2.42. The first-order valence-electron chi connectivity index (χ1n) is 8.13. The van der Waals surface area contributed by atoms with E-state index in [-0.39, 0.29) is 0 Å². The minimum absolute atomic E-state index is 0.327. The van der Waals surface area contributed by atoms with E-state index >= 15 is 0 Å². The van der Waals surface area contributed by atoms with Gasteiger partial charge < -0.3 is 5.11 Å². The number of piperidine rings is 1. The quantitative estimate of drug-likeness (QED) is 0.862. The summed E-state index contributed by atoms with van der Waals surface area (Å²) in [6, 6.07) is 6.28. The van der Waals surface area contributed by atoms with Gasteiger partial charge in [-0.25, -0.2) is 0 Å². The molecular weight excluding hydrogens is 246 g/mol. The Morgan fingerprint density at radius 2 is 1.75 bits per heavy atom. The molecule has 1 heterocycles. The van der Waals surface area contributed by atoms with Gasteiger partial charge in [0.1, 0.15) is 5.75 Å². The van der Waals surface area contributed by atoms with Gasteiger partial charge in [-0.1, -0.05) is 30.5 Å². The van der Waals surface area contributed by atoms with Crippen LogP contribution >= 0.6 is 0 Å². The third-order valence-corrected chi connectivity index (χ3v) is 5.70. The van der Waals surface area contributed by atoms with Crippen molar-refractivity contribution in [2.24, 2.45) is 5.41 Å². The van der Waals surface area contributed by atoms with Crippen LogP contribution in [-0.4, -0.2) is 23.1 Å². The van der Waals surface area contributed by atoms with Crippen LogP contribution in [0.4, 0.5) is 0 Å². The number of aromatic hydroxyl groups is 1. The number of phenols is 1. The molecule has 0 radical (unpaired) electrons. The molecule has 1 aromatic carbocycles. The maximum absolute atomic E-state index is 10.1. The Bertz CT molecular complexity index is 466. The van der Waals surface area contributed by atoms with Gasteiger partial charge in [-0.15, -0.1) is 0 Å². The Morgan fingerprint density at radius 3 is 2.40 bits per heavy atom. The van der Waals surface area contributed by atoms with Crippen LogP contribution in [0.1, 0.15) is 62.6 Å². The number of aryl methyl sites for hydroxylation is 1. The summed E-state index contributed by atoms with van der Waals surface area (Å²) in [5.74, 6) is 0.448. The molecule has 1 saturated heterocycles. The van der Waals surface area contributed by atoms with E-state index in [9.17, 15) is 5.11 Å². The third kappa shape index (κ3) is 2.58. The van der Waals surface area contributed by atoms with Gasteiger partial charge in [0.05, 0.1) is 0 Å². The zero-order valence-corrected chi connectivity index (χ0v) is 12.9. The normalized spacial score (nSPS) is 24.1. The molecule has 1 unspecified atom stereocenters. The summed E-state index contributed by atoms with van der Waals surface area (Å²) in [5, 5.41) is 10.1. The van der Waals surface area contributed by atoms with Gasteiger partial charge in [-0.2, -0.15) is 0 Å². The highest BCUT2D eigenvalue weighted by atomic mass is 16.3. The van der Waals surface area contributed by atoms with Crippen molar-refractivity contribution in [1.82, 2.24) is 4.90 Å². The average Bonchev–Trinajstić information content (AvgIpc) is 2.90. The largest absolute Gasteiger partial charge is 0.508 e. The Labute approximate surface area is 122 Å². The smallest absolute Gasteiger partial charge is 0.120 e. The average molecular weight is 273 g/mol. The molecule has 2 fully saturated rings. The molecule has 0 amide bonds. The number of likely N-dealkylation sites (tertiary alicyclic amines) is 1. The van der Waals surface area contributed by atoms with Crippen molar-refractivity contribution in [3.05, 3.63) is 29.3 Å². The van der Waals surface area contributed by atoms with E-state index in [1.165, 1.54) is 57.2 Å². The van der Waals surface area contributed by atoms with Crippen LogP contribution in [-0.2, 0) is 0 Å². The highest BCUT2D eigenvalue weighted by Gasteiger charge is 2.38. The molecular formula is C18H27NO. The standard InChI is InChI=1S/C18H27NO/c1-14-5-6-17(20)16(13-14)15(2)19-11-9-18(10-12-19)7-3-4-8-18/h5-6,13,15,20H,3-4,7-12H2,1-2H3. The minimum Gasteiger partial charge on any atom is -0.508 e. The fourth-order valence-corrected chi connectivity index (χ4v) is 4.22. The first kappa shape index (κ1) is 13.9. The monoisotopic (exact) mass is 273 g/mol. The summed E-state index contributed by atoms with van der Waals surface area (Å²) in [4.78, 5) is 2.55. The Balaban J connectivity index is 1.69. The van der Waals surface area contributed by atoms with Crippen molar-refractivity contribution in [2.45, 2.75) is 58.4 Å². The molecule has 2 nitrogen and oxygen atoms in total. The summed E-state index contributed by atoms with van der Waals surface area (Å²) in [6.45, 7) is 6.71. The van der Waals surface area contributed by atoms with E-state index in [1.54, 1.807) is 0 Å². The van der Waals surface area contributed by atoms with Gasteiger partial charge in [0.15, 0.2) is 0 Å². The number of nitrogens with zero attached hydrogens (tertiary/aromatic N) is 1. The number of hydrogen-bond acceptors (Lipinski definition) is 2. The molecule has 1 spiro atoms. The van der Waals surface area contributed by atoms with Crippen molar-refractivity contribution >= 4 is 0 Å². The Morgan fingerprint density at radius 1 is 1.10 bits per heavy atom. The van der Waals surface area contributed by atoms with Gasteiger partial charge in [0, 0.05) is 11.6 Å². The molecule has 1 aliphatic heterocycles. The fourth-order valence-electron chi connectivity index (χ4n) is 4.22. The van der Waals surface area contributed by atoms with E-state index in [0.29, 0.717) is 17.2 Å². The predicted octanol–water partition coefficient (Wildman–Crippen LogP) is 4.42. The highest BCUT2D eigenvalue weighted by Crippen LogP contribution is 2.47. The van der Waals surface area contributed by atoms with E-state index in [4.69, 9.17) is 0 Å². The van der Waals surface area contributed by atoms with Crippen LogP contribution in [0.15, 0.2) is 18.2 Å². The first-order valence-corrected chi connectivity index (χ1v) is 8.13. The van der Waals surface area contributed by atoms with Gasteiger partial charge in [-0.3, -0.25) is 4.90 Å². The Kier molecular flexibility index (Phi) is 3.76. The molecule has 20 heavy (non-hydrogen) atoms. The zero-order chi connectivity index (χ0) is 14.2. The van der Waals surface area contributed by atoms with E-state index in [2.05, 4.69) is 24.8 Å². The molecule has 0 aromatic heterocycles. The lowest BCUT2D eigenvalue weighted by Crippen LogP contribution is -2.40. The van der Waals surface area contributed by atoms with E-state index in [0.717, 1.165) is 5.56 Å². The third-order valence-electron chi connectivity index (χ3n) is 5.70. The molecule has 1 saturated carbocycles. The first-order chi connectivity index (χ1) is 9.60. The molecule has 1 atom stereocenters. The fraction of sp³-hybridized carbons (Fsp3) is 0.667. The maximum atomic E-state index is 10.1. The van der Waals surface area contributed by atoms with Crippen molar-refractivity contribution in [2.75, 3.05) is 13.1 Å². The lowest BCUT2D eigenvalue weighted by molar-refractivity contribution is 0.0806. The molecule has 2 aliphatic rings. The highest BCUT2D eigenvalue weighted by molar-refractivity contribution is 5.37. The summed E-state index contributed by atoms with van der Waals surface area (Å²) in [6.07, 6.45) is 8.48. The SMILES string of the molecule is Cc1ccc(O)c(C(C)N2CCC3(CCCC3)CC2)c1. The number of rotatable bonds is 2. The number of phenolic OH excluding ortho intramolecular Hbond substituents is 1. The molecule has 110 valence electrons. The predicted molar refractivity (Wildman–Crippen MR) is 83.0 cm³/mol. The minimum atomic E-state index is 0.327. The summed E-state index contributed by atoms with van der Waals surface area (Å²) >= 11 is 0. The van der Waals surface area contributed by atoms with Crippen molar-refractivity contribution in [3.63, 3.8) is 0 Å². The van der Waals surface area contributed by atoms with Crippen LogP contribution in [0, 0.1) is 12.3 Å². The lowest BCUT2D eigenvalue weighted by atomic mass is 9.76. The second-order valence-corrected chi connectivity index (χ2v) is 6.98. The van der Waals surface area contributed by atoms with Crippen LogP contribution in [0.25, 0.3) is 0 Å². The van der Waals surface area contributed by atoms with Gasteiger partial charge >= 0.3 is 0 Å².